The minimum Gasteiger partial charge on any atom is -0.356 e. The molecule has 0 atom stereocenters. The van der Waals surface area contributed by atoms with E-state index in [9.17, 15) is 4.79 Å². The summed E-state index contributed by atoms with van der Waals surface area (Å²) in [7, 11) is 0. The molecule has 3 rings (SSSR count). The molecule has 0 aliphatic carbocycles. The van der Waals surface area contributed by atoms with Crippen molar-refractivity contribution in [3.05, 3.63) is 6.20 Å². The van der Waals surface area contributed by atoms with E-state index in [1.807, 2.05) is 10.9 Å². The van der Waals surface area contributed by atoms with Crippen molar-refractivity contribution in [3.8, 4) is 0 Å². The maximum atomic E-state index is 11.8. The summed E-state index contributed by atoms with van der Waals surface area (Å²) in [5, 5.41) is 10.1. The largest absolute Gasteiger partial charge is 0.356 e. The van der Waals surface area contributed by atoms with Crippen molar-refractivity contribution >= 4 is 50.5 Å². The monoisotopic (exact) mass is 454 g/mol. The van der Waals surface area contributed by atoms with Crippen LogP contribution in [-0.2, 0) is 11.3 Å². The molecule has 1 amide bonds. The number of carbonyl (C=O) groups excluding carboxylic acids is 1. The van der Waals surface area contributed by atoms with E-state index >= 15 is 0 Å². The first-order valence-corrected chi connectivity index (χ1v) is 11.8. The SMILES string of the molecule is CCCSc1nc(N2CCCC2)c2cnn(CCNC(=O)CCCBr)c2n1. The van der Waals surface area contributed by atoms with Gasteiger partial charge in [-0.15, -0.1) is 0 Å². The van der Waals surface area contributed by atoms with Crippen molar-refractivity contribution in [2.75, 3.05) is 35.6 Å². The van der Waals surface area contributed by atoms with E-state index in [4.69, 9.17) is 9.97 Å². The van der Waals surface area contributed by atoms with Crippen LogP contribution in [0.15, 0.2) is 11.4 Å². The Morgan fingerprint density at radius 1 is 1.33 bits per heavy atom. The third-order valence-electron chi connectivity index (χ3n) is 4.48. The van der Waals surface area contributed by atoms with E-state index < -0.39 is 0 Å². The Bertz CT molecular complexity index is 762. The fourth-order valence-electron chi connectivity index (χ4n) is 3.13. The van der Waals surface area contributed by atoms with Gasteiger partial charge in [0.25, 0.3) is 0 Å². The maximum absolute atomic E-state index is 11.8. The lowest BCUT2D eigenvalue weighted by Crippen LogP contribution is -2.27. The first-order chi connectivity index (χ1) is 13.2. The van der Waals surface area contributed by atoms with Crippen molar-refractivity contribution in [1.29, 1.82) is 0 Å². The van der Waals surface area contributed by atoms with E-state index in [0.29, 0.717) is 19.5 Å². The number of halogens is 1. The van der Waals surface area contributed by atoms with Crippen LogP contribution in [0.4, 0.5) is 5.82 Å². The quantitative estimate of drug-likeness (QED) is 0.337. The first-order valence-electron chi connectivity index (χ1n) is 9.67. The van der Waals surface area contributed by atoms with E-state index in [-0.39, 0.29) is 5.91 Å². The molecule has 0 radical (unpaired) electrons. The fourth-order valence-corrected chi connectivity index (χ4v) is 4.10. The van der Waals surface area contributed by atoms with Gasteiger partial charge in [-0.05, 0) is 25.7 Å². The van der Waals surface area contributed by atoms with Gasteiger partial charge in [0.15, 0.2) is 10.8 Å². The van der Waals surface area contributed by atoms with Gasteiger partial charge in [0.1, 0.15) is 5.82 Å². The normalized spacial score (nSPS) is 14.2. The van der Waals surface area contributed by atoms with E-state index in [1.165, 1.54) is 12.8 Å². The summed E-state index contributed by atoms with van der Waals surface area (Å²) in [6.07, 6.45) is 6.76. The zero-order valence-corrected chi connectivity index (χ0v) is 18.2. The van der Waals surface area contributed by atoms with Gasteiger partial charge in [-0.2, -0.15) is 5.10 Å². The molecule has 27 heavy (non-hydrogen) atoms. The molecule has 1 fully saturated rings. The Morgan fingerprint density at radius 2 is 2.15 bits per heavy atom. The number of amides is 1. The molecule has 148 valence electrons. The molecule has 0 spiro atoms. The summed E-state index contributed by atoms with van der Waals surface area (Å²) in [4.78, 5) is 23.7. The highest BCUT2D eigenvalue weighted by Crippen LogP contribution is 2.29. The molecule has 9 heteroatoms. The van der Waals surface area contributed by atoms with E-state index in [0.717, 1.165) is 59.0 Å². The van der Waals surface area contributed by atoms with Gasteiger partial charge < -0.3 is 10.2 Å². The zero-order valence-electron chi connectivity index (χ0n) is 15.8. The van der Waals surface area contributed by atoms with E-state index in [1.54, 1.807) is 11.8 Å². The van der Waals surface area contributed by atoms with Crippen LogP contribution < -0.4 is 10.2 Å². The van der Waals surface area contributed by atoms with Crippen molar-refractivity contribution in [2.24, 2.45) is 0 Å². The predicted molar refractivity (Wildman–Crippen MR) is 114 cm³/mol. The summed E-state index contributed by atoms with van der Waals surface area (Å²) >= 11 is 5.04. The number of alkyl halides is 1. The maximum Gasteiger partial charge on any atom is 0.220 e. The number of hydrogen-bond donors (Lipinski definition) is 1. The van der Waals surface area contributed by atoms with Crippen molar-refractivity contribution in [1.82, 2.24) is 25.1 Å². The second kappa shape index (κ2) is 10.3. The molecule has 2 aromatic rings. The lowest BCUT2D eigenvalue weighted by atomic mass is 10.3. The van der Waals surface area contributed by atoms with Gasteiger partial charge in [-0.25, -0.2) is 14.6 Å². The Hall–Kier alpha value is -1.35. The number of nitrogens with one attached hydrogen (secondary N) is 1. The molecule has 2 aromatic heterocycles. The summed E-state index contributed by atoms with van der Waals surface area (Å²) < 4.78 is 1.89. The van der Waals surface area contributed by atoms with Gasteiger partial charge in [-0.1, -0.05) is 34.6 Å². The molecule has 0 aromatic carbocycles. The minimum atomic E-state index is 0.0810. The van der Waals surface area contributed by atoms with Crippen LogP contribution in [0.5, 0.6) is 0 Å². The fraction of sp³-hybridized carbons (Fsp3) is 0.667. The predicted octanol–water partition coefficient (Wildman–Crippen LogP) is 3.22. The number of fused-ring (bicyclic) bond motifs is 1. The van der Waals surface area contributed by atoms with Crippen LogP contribution in [0.2, 0.25) is 0 Å². The Morgan fingerprint density at radius 3 is 2.89 bits per heavy atom. The van der Waals surface area contributed by atoms with Gasteiger partial charge in [0, 0.05) is 37.1 Å². The summed E-state index contributed by atoms with van der Waals surface area (Å²) in [5.74, 6) is 2.09. The second-order valence-electron chi connectivity index (χ2n) is 6.62. The molecule has 0 saturated carbocycles. The van der Waals surface area contributed by atoms with Crippen LogP contribution in [0, 0.1) is 0 Å². The van der Waals surface area contributed by atoms with E-state index in [2.05, 4.69) is 38.2 Å². The van der Waals surface area contributed by atoms with Crippen molar-refractivity contribution < 1.29 is 4.79 Å². The average Bonchev–Trinajstić information content (AvgIpc) is 3.34. The number of nitrogens with zero attached hydrogens (tertiary/aromatic N) is 5. The lowest BCUT2D eigenvalue weighted by molar-refractivity contribution is -0.121. The lowest BCUT2D eigenvalue weighted by Gasteiger charge is -2.18. The van der Waals surface area contributed by atoms with Crippen molar-refractivity contribution in [2.45, 2.75) is 50.7 Å². The number of hydrogen-bond acceptors (Lipinski definition) is 6. The molecule has 1 aliphatic rings. The third-order valence-corrected chi connectivity index (χ3v) is 6.09. The molecule has 0 unspecified atom stereocenters. The standard InChI is InChI=1S/C18H27BrN6OS/c1-2-12-27-18-22-16(24-9-3-4-10-24)14-13-21-25(17(14)23-18)11-8-20-15(26)6-5-7-19/h13H,2-12H2,1H3,(H,20,26). The van der Waals surface area contributed by atoms with Gasteiger partial charge in [0.05, 0.1) is 18.1 Å². The molecule has 1 N–H and O–H groups in total. The first kappa shape index (κ1) is 20.4. The highest BCUT2D eigenvalue weighted by atomic mass is 79.9. The van der Waals surface area contributed by atoms with Crippen molar-refractivity contribution in [3.63, 3.8) is 0 Å². The van der Waals surface area contributed by atoms with Crippen LogP contribution >= 0.6 is 27.7 Å². The van der Waals surface area contributed by atoms with Gasteiger partial charge >= 0.3 is 0 Å². The summed E-state index contributed by atoms with van der Waals surface area (Å²) in [6.45, 7) is 5.41. The summed E-state index contributed by atoms with van der Waals surface area (Å²) in [5.41, 5.74) is 0.861. The van der Waals surface area contributed by atoms with Crippen LogP contribution in [0.1, 0.15) is 39.0 Å². The zero-order chi connectivity index (χ0) is 19.1. The van der Waals surface area contributed by atoms with Crippen LogP contribution in [0.3, 0.4) is 0 Å². The minimum absolute atomic E-state index is 0.0810. The molecular weight excluding hydrogens is 428 g/mol. The number of anilines is 1. The second-order valence-corrected chi connectivity index (χ2v) is 8.47. The number of aromatic nitrogens is 4. The number of thioether (sulfide) groups is 1. The number of carbonyl (C=O) groups is 1. The Labute approximate surface area is 172 Å². The Kier molecular flexibility index (Phi) is 7.75. The topological polar surface area (TPSA) is 75.9 Å². The number of rotatable bonds is 10. The molecule has 7 nitrogen and oxygen atoms in total. The third kappa shape index (κ3) is 5.34. The summed E-state index contributed by atoms with van der Waals surface area (Å²) in [6, 6.07) is 0. The highest BCUT2D eigenvalue weighted by Gasteiger charge is 2.20. The Balaban J connectivity index is 1.77. The van der Waals surface area contributed by atoms with Crippen LogP contribution in [0.25, 0.3) is 11.0 Å². The van der Waals surface area contributed by atoms with Gasteiger partial charge in [-0.3, -0.25) is 4.79 Å². The molecule has 3 heterocycles. The molecule has 1 aliphatic heterocycles. The molecular formula is C18H27BrN6OS. The average molecular weight is 455 g/mol. The smallest absolute Gasteiger partial charge is 0.220 e. The molecule has 1 saturated heterocycles. The highest BCUT2D eigenvalue weighted by molar-refractivity contribution is 9.09. The van der Waals surface area contributed by atoms with Gasteiger partial charge in [0.2, 0.25) is 5.91 Å². The molecule has 0 bridgehead atoms. The van der Waals surface area contributed by atoms with Crippen LogP contribution in [-0.4, -0.2) is 56.4 Å².